The molecule has 1 heterocycles. The lowest BCUT2D eigenvalue weighted by Crippen LogP contribution is -2.20. The van der Waals surface area contributed by atoms with Crippen molar-refractivity contribution in [3.63, 3.8) is 0 Å². The molecule has 2 aromatic rings. The molecule has 106 valence electrons. The van der Waals surface area contributed by atoms with Gasteiger partial charge in [-0.15, -0.1) is 0 Å². The molecular weight excluding hydrogens is 278 g/mol. The number of benzene rings is 1. The van der Waals surface area contributed by atoms with Crippen LogP contribution >= 0.6 is 11.6 Å². The summed E-state index contributed by atoms with van der Waals surface area (Å²) < 4.78 is 1.52. The summed E-state index contributed by atoms with van der Waals surface area (Å²) in [6.45, 7) is 1.87. The number of hydrogen-bond donors (Lipinski definition) is 2. The Morgan fingerprint density at radius 2 is 2.35 bits per heavy atom. The summed E-state index contributed by atoms with van der Waals surface area (Å²) in [7, 11) is 0. The van der Waals surface area contributed by atoms with Crippen LogP contribution in [0.5, 0.6) is 0 Å². The highest BCUT2D eigenvalue weighted by molar-refractivity contribution is 6.33. The van der Waals surface area contributed by atoms with Gasteiger partial charge in [-0.2, -0.15) is 5.10 Å². The Labute approximate surface area is 121 Å². The molecule has 0 fully saturated rings. The molecule has 1 unspecified atom stereocenters. The molecule has 1 atom stereocenters. The molecular formula is C13H16ClN5O. The zero-order chi connectivity index (χ0) is 14.5. The third-order valence-corrected chi connectivity index (χ3v) is 3.04. The van der Waals surface area contributed by atoms with Crippen LogP contribution in [0.3, 0.4) is 0 Å². The first-order valence-electron chi connectivity index (χ1n) is 6.27. The molecule has 1 aromatic carbocycles. The molecule has 1 aromatic heterocycles. The van der Waals surface area contributed by atoms with Crippen LogP contribution in [0, 0.1) is 0 Å². The number of anilines is 1. The summed E-state index contributed by atoms with van der Waals surface area (Å²) in [5, 5.41) is 7.35. The Hall–Kier alpha value is -1.92. The summed E-state index contributed by atoms with van der Waals surface area (Å²) >= 11 is 6.17. The van der Waals surface area contributed by atoms with E-state index in [-0.39, 0.29) is 11.9 Å². The molecule has 6 nitrogen and oxygen atoms in total. The summed E-state index contributed by atoms with van der Waals surface area (Å²) in [6.07, 6.45) is 3.93. The Bertz CT molecular complexity index is 582. The second-order valence-electron chi connectivity index (χ2n) is 4.54. The maximum Gasteiger partial charge on any atom is 0.224 e. The third-order valence-electron chi connectivity index (χ3n) is 2.74. The van der Waals surface area contributed by atoms with Crippen LogP contribution in [0.15, 0.2) is 30.9 Å². The first-order valence-corrected chi connectivity index (χ1v) is 6.64. The standard InChI is InChI=1S/C13H16ClN5O/c1-9(15)5-6-12(20)18-11-4-2-3-10(14)13(11)19-8-16-7-17-19/h2-4,7-9H,5-6,15H2,1H3,(H,18,20). The average Bonchev–Trinajstić information content (AvgIpc) is 2.90. The predicted molar refractivity (Wildman–Crippen MR) is 77.9 cm³/mol. The quantitative estimate of drug-likeness (QED) is 0.882. The number of para-hydroxylation sites is 1. The molecule has 1 amide bonds. The van der Waals surface area contributed by atoms with Gasteiger partial charge in [0, 0.05) is 12.5 Å². The predicted octanol–water partition coefficient (Wildman–Crippen LogP) is 1.99. The molecule has 0 bridgehead atoms. The van der Waals surface area contributed by atoms with Gasteiger partial charge in [0.2, 0.25) is 5.91 Å². The van der Waals surface area contributed by atoms with Crippen LogP contribution in [0.1, 0.15) is 19.8 Å². The number of amides is 1. The van der Waals surface area contributed by atoms with Crippen molar-refractivity contribution in [2.24, 2.45) is 5.73 Å². The van der Waals surface area contributed by atoms with Crippen molar-refractivity contribution in [1.82, 2.24) is 14.8 Å². The van der Waals surface area contributed by atoms with Crippen LogP contribution in [0.25, 0.3) is 5.69 Å². The highest BCUT2D eigenvalue weighted by Gasteiger charge is 2.12. The van der Waals surface area contributed by atoms with Crippen molar-refractivity contribution in [1.29, 1.82) is 0 Å². The second-order valence-corrected chi connectivity index (χ2v) is 4.95. The fourth-order valence-corrected chi connectivity index (χ4v) is 2.01. The van der Waals surface area contributed by atoms with Gasteiger partial charge in [0.05, 0.1) is 10.7 Å². The number of halogens is 1. The number of aromatic nitrogens is 3. The molecule has 0 aliphatic heterocycles. The van der Waals surface area contributed by atoms with Gasteiger partial charge in [-0.3, -0.25) is 4.79 Å². The van der Waals surface area contributed by atoms with Crippen LogP contribution in [0.2, 0.25) is 5.02 Å². The zero-order valence-electron chi connectivity index (χ0n) is 11.1. The van der Waals surface area contributed by atoms with E-state index in [4.69, 9.17) is 17.3 Å². The van der Waals surface area contributed by atoms with Gasteiger partial charge in [-0.1, -0.05) is 17.7 Å². The van der Waals surface area contributed by atoms with Crippen molar-refractivity contribution in [2.45, 2.75) is 25.8 Å². The maximum absolute atomic E-state index is 11.9. The molecule has 0 saturated heterocycles. The van der Waals surface area contributed by atoms with Gasteiger partial charge in [-0.25, -0.2) is 9.67 Å². The second kappa shape index (κ2) is 6.49. The normalized spacial score (nSPS) is 12.2. The van der Waals surface area contributed by atoms with Gasteiger partial charge in [0.25, 0.3) is 0 Å². The minimum Gasteiger partial charge on any atom is -0.328 e. The number of carbonyl (C=O) groups excluding carboxylic acids is 1. The topological polar surface area (TPSA) is 85.8 Å². The van der Waals surface area contributed by atoms with Crippen LogP contribution in [0.4, 0.5) is 5.69 Å². The summed E-state index contributed by atoms with van der Waals surface area (Å²) in [5.74, 6) is -0.106. The van der Waals surface area contributed by atoms with Crippen molar-refractivity contribution >= 4 is 23.2 Å². The number of rotatable bonds is 5. The minimum absolute atomic E-state index is 0.00472. The van der Waals surface area contributed by atoms with Crippen molar-refractivity contribution in [3.8, 4) is 5.69 Å². The first-order chi connectivity index (χ1) is 9.58. The minimum atomic E-state index is -0.106. The van der Waals surface area contributed by atoms with E-state index in [0.717, 1.165) is 0 Å². The summed E-state index contributed by atoms with van der Waals surface area (Å²) in [4.78, 5) is 15.8. The van der Waals surface area contributed by atoms with Crippen LogP contribution in [-0.2, 0) is 4.79 Å². The van der Waals surface area contributed by atoms with Gasteiger partial charge in [0.1, 0.15) is 18.3 Å². The Balaban J connectivity index is 2.20. The molecule has 20 heavy (non-hydrogen) atoms. The van der Waals surface area contributed by atoms with E-state index in [1.807, 2.05) is 6.92 Å². The van der Waals surface area contributed by atoms with Gasteiger partial charge in [0.15, 0.2) is 0 Å². The number of hydrogen-bond acceptors (Lipinski definition) is 4. The molecule has 0 spiro atoms. The van der Waals surface area contributed by atoms with E-state index in [2.05, 4.69) is 15.4 Å². The highest BCUT2D eigenvalue weighted by Crippen LogP contribution is 2.27. The highest BCUT2D eigenvalue weighted by atomic mass is 35.5. The lowest BCUT2D eigenvalue weighted by molar-refractivity contribution is -0.116. The molecule has 2 rings (SSSR count). The first kappa shape index (κ1) is 14.5. The fraction of sp³-hybridized carbons (Fsp3) is 0.308. The Kier molecular flexibility index (Phi) is 4.70. The maximum atomic E-state index is 11.9. The summed E-state index contributed by atoms with van der Waals surface area (Å²) in [6, 6.07) is 5.27. The van der Waals surface area contributed by atoms with Crippen molar-refractivity contribution in [2.75, 3.05) is 5.32 Å². The molecule has 0 radical (unpaired) electrons. The van der Waals surface area contributed by atoms with Crippen molar-refractivity contribution < 1.29 is 4.79 Å². The Morgan fingerprint density at radius 3 is 3.00 bits per heavy atom. The van der Waals surface area contributed by atoms with E-state index in [1.165, 1.54) is 17.3 Å². The molecule has 0 aliphatic rings. The SMILES string of the molecule is CC(N)CCC(=O)Nc1cccc(Cl)c1-n1cncn1. The van der Waals surface area contributed by atoms with E-state index < -0.39 is 0 Å². The zero-order valence-corrected chi connectivity index (χ0v) is 11.8. The monoisotopic (exact) mass is 293 g/mol. The third kappa shape index (κ3) is 3.55. The number of nitrogens with zero attached hydrogens (tertiary/aromatic N) is 3. The number of carbonyl (C=O) groups is 1. The lowest BCUT2D eigenvalue weighted by atomic mass is 10.2. The van der Waals surface area contributed by atoms with Gasteiger partial charge in [-0.05, 0) is 25.5 Å². The van der Waals surface area contributed by atoms with E-state index >= 15 is 0 Å². The van der Waals surface area contributed by atoms with E-state index in [0.29, 0.717) is 29.2 Å². The molecule has 7 heteroatoms. The number of nitrogens with two attached hydrogens (primary N) is 1. The molecule has 0 saturated carbocycles. The van der Waals surface area contributed by atoms with Crippen LogP contribution < -0.4 is 11.1 Å². The average molecular weight is 294 g/mol. The fourth-order valence-electron chi connectivity index (χ4n) is 1.74. The van der Waals surface area contributed by atoms with E-state index in [1.54, 1.807) is 18.2 Å². The van der Waals surface area contributed by atoms with Gasteiger partial charge < -0.3 is 11.1 Å². The van der Waals surface area contributed by atoms with Crippen LogP contribution in [-0.4, -0.2) is 26.7 Å². The van der Waals surface area contributed by atoms with E-state index in [9.17, 15) is 4.79 Å². The Morgan fingerprint density at radius 1 is 1.55 bits per heavy atom. The lowest BCUT2D eigenvalue weighted by Gasteiger charge is -2.12. The largest absolute Gasteiger partial charge is 0.328 e. The molecule has 3 N–H and O–H groups in total. The number of nitrogens with one attached hydrogen (secondary N) is 1. The van der Waals surface area contributed by atoms with Crippen molar-refractivity contribution in [3.05, 3.63) is 35.9 Å². The van der Waals surface area contributed by atoms with Gasteiger partial charge >= 0.3 is 0 Å². The smallest absolute Gasteiger partial charge is 0.224 e. The molecule has 0 aliphatic carbocycles. The summed E-state index contributed by atoms with van der Waals surface area (Å²) in [5.41, 5.74) is 6.83.